The van der Waals surface area contributed by atoms with Gasteiger partial charge in [-0.1, -0.05) is 0 Å². The summed E-state index contributed by atoms with van der Waals surface area (Å²) in [7, 11) is 0. The molecule has 0 saturated carbocycles. The zero-order chi connectivity index (χ0) is 12.4. The minimum atomic E-state index is 0.291. The van der Waals surface area contributed by atoms with Crippen LogP contribution in [0.4, 0.5) is 5.82 Å². The minimum Gasteiger partial charge on any atom is -0.376 e. The van der Waals surface area contributed by atoms with Crippen LogP contribution in [0.15, 0.2) is 11.4 Å². The molecule has 1 saturated heterocycles. The SMILES string of the molecule is CSc1n[nH]c2ncnc(NCC3CCCO3)c12. The fourth-order valence-corrected chi connectivity index (χ4v) is 2.66. The molecule has 7 heteroatoms. The second kappa shape index (κ2) is 5.11. The highest BCUT2D eigenvalue weighted by molar-refractivity contribution is 7.98. The second-order valence-electron chi connectivity index (χ2n) is 4.19. The number of H-pyrrole nitrogens is 1. The number of hydrogen-bond acceptors (Lipinski definition) is 6. The van der Waals surface area contributed by atoms with Crippen molar-refractivity contribution >= 4 is 28.6 Å². The summed E-state index contributed by atoms with van der Waals surface area (Å²) < 4.78 is 5.59. The lowest BCUT2D eigenvalue weighted by atomic mass is 10.2. The van der Waals surface area contributed by atoms with Crippen LogP contribution in [-0.4, -0.2) is 45.7 Å². The standard InChI is InChI=1S/C11H15N5OS/c1-18-11-8-9(12-5-7-3-2-4-17-7)13-6-14-10(8)15-16-11/h6-7H,2-5H2,1H3,(H2,12,13,14,15,16). The first kappa shape index (κ1) is 11.7. The smallest absolute Gasteiger partial charge is 0.161 e. The van der Waals surface area contributed by atoms with Crippen LogP contribution in [0.2, 0.25) is 0 Å². The number of hydrogen-bond donors (Lipinski definition) is 2. The molecule has 2 N–H and O–H groups in total. The Balaban J connectivity index is 1.83. The molecule has 96 valence electrons. The molecule has 1 fully saturated rings. The molecule has 1 aliphatic heterocycles. The summed E-state index contributed by atoms with van der Waals surface area (Å²) >= 11 is 1.58. The Morgan fingerprint density at radius 3 is 3.28 bits per heavy atom. The van der Waals surface area contributed by atoms with Crippen LogP contribution >= 0.6 is 11.8 Å². The molecule has 0 aromatic carbocycles. The quantitative estimate of drug-likeness (QED) is 0.819. The summed E-state index contributed by atoms with van der Waals surface area (Å²) in [5.74, 6) is 0.827. The van der Waals surface area contributed by atoms with E-state index in [-0.39, 0.29) is 0 Å². The maximum absolute atomic E-state index is 5.59. The van der Waals surface area contributed by atoms with Crippen LogP contribution in [0.3, 0.4) is 0 Å². The summed E-state index contributed by atoms with van der Waals surface area (Å²) in [4.78, 5) is 8.47. The van der Waals surface area contributed by atoms with Gasteiger partial charge in [0.05, 0.1) is 11.5 Å². The maximum Gasteiger partial charge on any atom is 0.161 e. The van der Waals surface area contributed by atoms with Crippen molar-refractivity contribution in [1.82, 2.24) is 20.2 Å². The highest BCUT2D eigenvalue weighted by Gasteiger charge is 2.17. The zero-order valence-corrected chi connectivity index (χ0v) is 11.0. The van der Waals surface area contributed by atoms with Gasteiger partial charge in [-0.15, -0.1) is 11.8 Å². The second-order valence-corrected chi connectivity index (χ2v) is 4.99. The number of thioether (sulfide) groups is 1. The van der Waals surface area contributed by atoms with Gasteiger partial charge in [0.2, 0.25) is 0 Å². The number of anilines is 1. The fourth-order valence-electron chi connectivity index (χ4n) is 2.13. The average molecular weight is 265 g/mol. The van der Waals surface area contributed by atoms with Gasteiger partial charge < -0.3 is 10.1 Å². The third-order valence-electron chi connectivity index (χ3n) is 3.04. The van der Waals surface area contributed by atoms with Gasteiger partial charge in [0.25, 0.3) is 0 Å². The van der Waals surface area contributed by atoms with Gasteiger partial charge in [0, 0.05) is 13.2 Å². The predicted molar refractivity (Wildman–Crippen MR) is 70.9 cm³/mol. The number of ether oxygens (including phenoxy) is 1. The topological polar surface area (TPSA) is 75.7 Å². The molecule has 2 aromatic rings. The summed E-state index contributed by atoms with van der Waals surface area (Å²) in [5.41, 5.74) is 0.768. The van der Waals surface area contributed by atoms with Crippen LogP contribution in [0.5, 0.6) is 0 Å². The fraction of sp³-hybridized carbons (Fsp3) is 0.545. The van der Waals surface area contributed by atoms with E-state index in [1.807, 2.05) is 6.26 Å². The number of rotatable bonds is 4. The lowest BCUT2D eigenvalue weighted by molar-refractivity contribution is 0.120. The van der Waals surface area contributed by atoms with E-state index in [2.05, 4.69) is 25.5 Å². The van der Waals surface area contributed by atoms with Crippen molar-refractivity contribution in [3.05, 3.63) is 6.33 Å². The third kappa shape index (κ3) is 2.15. The van der Waals surface area contributed by atoms with Crippen molar-refractivity contribution < 1.29 is 4.74 Å². The Morgan fingerprint density at radius 2 is 2.50 bits per heavy atom. The van der Waals surface area contributed by atoms with Crippen LogP contribution in [0.25, 0.3) is 11.0 Å². The van der Waals surface area contributed by atoms with E-state index in [0.29, 0.717) is 6.10 Å². The van der Waals surface area contributed by atoms with Crippen molar-refractivity contribution in [2.75, 3.05) is 24.7 Å². The molecule has 0 radical (unpaired) electrons. The Bertz CT molecular complexity index is 537. The molecule has 3 rings (SSSR count). The molecule has 6 nitrogen and oxygen atoms in total. The van der Waals surface area contributed by atoms with Gasteiger partial charge in [-0.2, -0.15) is 5.10 Å². The number of aromatic amines is 1. The molecule has 0 amide bonds. The van der Waals surface area contributed by atoms with E-state index in [1.165, 1.54) is 0 Å². The first-order chi connectivity index (χ1) is 8.88. The molecule has 0 aliphatic carbocycles. The lowest BCUT2D eigenvalue weighted by Crippen LogP contribution is -2.19. The van der Waals surface area contributed by atoms with Crippen molar-refractivity contribution in [3.8, 4) is 0 Å². The maximum atomic E-state index is 5.59. The highest BCUT2D eigenvalue weighted by atomic mass is 32.2. The van der Waals surface area contributed by atoms with Crippen LogP contribution < -0.4 is 5.32 Å². The predicted octanol–water partition coefficient (Wildman–Crippen LogP) is 1.67. The highest BCUT2D eigenvalue weighted by Crippen LogP contribution is 2.27. The average Bonchev–Trinajstić information content (AvgIpc) is 3.05. The Morgan fingerprint density at radius 1 is 1.56 bits per heavy atom. The van der Waals surface area contributed by atoms with Gasteiger partial charge >= 0.3 is 0 Å². The van der Waals surface area contributed by atoms with E-state index >= 15 is 0 Å². The monoisotopic (exact) mass is 265 g/mol. The Labute approximate surface area is 109 Å². The lowest BCUT2D eigenvalue weighted by Gasteiger charge is -2.11. The van der Waals surface area contributed by atoms with E-state index in [0.717, 1.165) is 47.9 Å². The summed E-state index contributed by atoms with van der Waals surface area (Å²) in [6, 6.07) is 0. The number of nitrogens with one attached hydrogen (secondary N) is 2. The first-order valence-corrected chi connectivity index (χ1v) is 7.19. The van der Waals surface area contributed by atoms with Gasteiger partial charge in [0.1, 0.15) is 17.2 Å². The largest absolute Gasteiger partial charge is 0.376 e. The zero-order valence-electron chi connectivity index (χ0n) is 10.1. The molecular formula is C11H15N5OS. The number of fused-ring (bicyclic) bond motifs is 1. The van der Waals surface area contributed by atoms with E-state index in [9.17, 15) is 0 Å². The van der Waals surface area contributed by atoms with Crippen LogP contribution in [-0.2, 0) is 4.74 Å². The molecule has 1 aliphatic rings. The van der Waals surface area contributed by atoms with Crippen molar-refractivity contribution in [2.24, 2.45) is 0 Å². The van der Waals surface area contributed by atoms with E-state index in [4.69, 9.17) is 4.74 Å². The molecular weight excluding hydrogens is 250 g/mol. The van der Waals surface area contributed by atoms with Gasteiger partial charge in [-0.05, 0) is 19.1 Å². The minimum absolute atomic E-state index is 0.291. The molecule has 0 bridgehead atoms. The summed E-state index contributed by atoms with van der Waals surface area (Å²) in [6.45, 7) is 1.65. The Hall–Kier alpha value is -1.34. The summed E-state index contributed by atoms with van der Waals surface area (Å²) in [6.07, 6.45) is 6.09. The van der Waals surface area contributed by atoms with Crippen LogP contribution in [0.1, 0.15) is 12.8 Å². The van der Waals surface area contributed by atoms with Crippen LogP contribution in [0, 0.1) is 0 Å². The summed E-state index contributed by atoms with van der Waals surface area (Å²) in [5, 5.41) is 12.4. The van der Waals surface area contributed by atoms with Gasteiger partial charge in [-0.3, -0.25) is 5.10 Å². The van der Waals surface area contributed by atoms with E-state index < -0.39 is 0 Å². The van der Waals surface area contributed by atoms with E-state index in [1.54, 1.807) is 18.1 Å². The molecule has 18 heavy (non-hydrogen) atoms. The Kier molecular flexibility index (Phi) is 3.33. The van der Waals surface area contributed by atoms with Crippen molar-refractivity contribution in [3.63, 3.8) is 0 Å². The van der Waals surface area contributed by atoms with Gasteiger partial charge in [-0.25, -0.2) is 9.97 Å². The number of nitrogens with zero attached hydrogens (tertiary/aromatic N) is 3. The molecule has 0 spiro atoms. The number of aromatic nitrogens is 4. The normalized spacial score (nSPS) is 19.5. The van der Waals surface area contributed by atoms with Crippen molar-refractivity contribution in [2.45, 2.75) is 24.0 Å². The van der Waals surface area contributed by atoms with Crippen molar-refractivity contribution in [1.29, 1.82) is 0 Å². The molecule has 1 atom stereocenters. The van der Waals surface area contributed by atoms with Gasteiger partial charge in [0.15, 0.2) is 5.65 Å². The molecule has 3 heterocycles. The molecule has 2 aromatic heterocycles. The molecule has 1 unspecified atom stereocenters. The first-order valence-electron chi connectivity index (χ1n) is 5.97. The third-order valence-corrected chi connectivity index (χ3v) is 3.72.